The zero-order valence-electron chi connectivity index (χ0n) is 10.8. The van der Waals surface area contributed by atoms with Crippen LogP contribution in [0.1, 0.15) is 11.1 Å². The van der Waals surface area contributed by atoms with Crippen LogP contribution < -0.4 is 10.1 Å². The highest BCUT2D eigenvalue weighted by Crippen LogP contribution is 2.20. The minimum absolute atomic E-state index is 0.339. The molecule has 0 radical (unpaired) electrons. The van der Waals surface area contributed by atoms with Crippen molar-refractivity contribution >= 4 is 0 Å². The molecule has 0 amide bonds. The van der Waals surface area contributed by atoms with E-state index in [0.29, 0.717) is 6.54 Å². The largest absolute Gasteiger partial charge is 0.496 e. The lowest BCUT2D eigenvalue weighted by molar-refractivity contribution is 0.0412. The molecule has 1 rings (SSSR count). The summed E-state index contributed by atoms with van der Waals surface area (Å²) in [6, 6.07) is 5.77. The molecule has 18 heavy (non-hydrogen) atoms. The van der Waals surface area contributed by atoms with Gasteiger partial charge in [-0.25, -0.2) is 0 Å². The van der Waals surface area contributed by atoms with Crippen LogP contribution in [0.15, 0.2) is 18.2 Å². The maximum absolute atomic E-state index is 9.22. The fraction of sp³-hybridized carbons (Fsp3) is 0.538. The highest BCUT2D eigenvalue weighted by molar-refractivity contribution is 5.36. The third kappa shape index (κ3) is 3.43. The number of hydrogen-bond donors (Lipinski definition) is 4. The summed E-state index contributed by atoms with van der Waals surface area (Å²) in [5.41, 5.74) is 0.932. The number of methoxy groups -OCH3 is 1. The summed E-state index contributed by atoms with van der Waals surface area (Å²) in [6.45, 7) is 1.35. The summed E-state index contributed by atoms with van der Waals surface area (Å²) in [5, 5.41) is 30.6. The maximum atomic E-state index is 9.22. The van der Waals surface area contributed by atoms with Gasteiger partial charge in [-0.2, -0.15) is 0 Å². The van der Waals surface area contributed by atoms with Gasteiger partial charge < -0.3 is 25.4 Å². The van der Waals surface area contributed by atoms with Crippen molar-refractivity contribution in [3.8, 4) is 5.75 Å². The number of aliphatic hydroxyl groups excluding tert-OH is 3. The van der Waals surface area contributed by atoms with Gasteiger partial charge in [-0.15, -0.1) is 0 Å². The van der Waals surface area contributed by atoms with E-state index in [4.69, 9.17) is 4.74 Å². The van der Waals surface area contributed by atoms with E-state index < -0.39 is 5.54 Å². The third-order valence-corrected chi connectivity index (χ3v) is 3.00. The molecule has 1 aromatic carbocycles. The number of hydrogen-bond acceptors (Lipinski definition) is 5. The van der Waals surface area contributed by atoms with E-state index in [9.17, 15) is 15.3 Å². The highest BCUT2D eigenvalue weighted by Gasteiger charge is 2.27. The molecule has 0 saturated heterocycles. The van der Waals surface area contributed by atoms with E-state index >= 15 is 0 Å². The number of aliphatic hydroxyl groups is 3. The molecule has 0 aliphatic heterocycles. The van der Waals surface area contributed by atoms with Crippen molar-refractivity contribution in [1.29, 1.82) is 0 Å². The van der Waals surface area contributed by atoms with Gasteiger partial charge in [0.2, 0.25) is 0 Å². The molecule has 0 aromatic heterocycles. The van der Waals surface area contributed by atoms with E-state index in [0.717, 1.165) is 16.9 Å². The zero-order valence-corrected chi connectivity index (χ0v) is 10.8. The van der Waals surface area contributed by atoms with Crippen molar-refractivity contribution in [3.05, 3.63) is 29.3 Å². The zero-order chi connectivity index (χ0) is 13.6. The molecule has 0 saturated carbocycles. The Balaban J connectivity index is 2.81. The van der Waals surface area contributed by atoms with Crippen LogP contribution in [-0.2, 0) is 6.54 Å². The fourth-order valence-electron chi connectivity index (χ4n) is 1.65. The van der Waals surface area contributed by atoms with Crippen LogP contribution in [0.25, 0.3) is 0 Å². The Bertz CT molecular complexity index is 369. The first-order valence-corrected chi connectivity index (χ1v) is 5.82. The molecule has 0 aliphatic carbocycles. The van der Waals surface area contributed by atoms with Crippen LogP contribution in [0.5, 0.6) is 5.75 Å². The lowest BCUT2D eigenvalue weighted by Crippen LogP contribution is -2.54. The first-order chi connectivity index (χ1) is 8.60. The molecule has 1 aromatic rings. The lowest BCUT2D eigenvalue weighted by atomic mass is 10.0. The first-order valence-electron chi connectivity index (χ1n) is 5.82. The van der Waals surface area contributed by atoms with Crippen molar-refractivity contribution < 1.29 is 20.1 Å². The van der Waals surface area contributed by atoms with Gasteiger partial charge in [-0.3, -0.25) is 0 Å². The van der Waals surface area contributed by atoms with Gasteiger partial charge in [0, 0.05) is 12.1 Å². The van der Waals surface area contributed by atoms with Gasteiger partial charge in [0.05, 0.1) is 32.5 Å². The fourth-order valence-corrected chi connectivity index (χ4v) is 1.65. The Hall–Kier alpha value is -1.14. The summed E-state index contributed by atoms with van der Waals surface area (Å²) < 4.78 is 5.24. The maximum Gasteiger partial charge on any atom is 0.123 e. The molecule has 0 fully saturated rings. The number of benzene rings is 1. The molecule has 0 aliphatic rings. The predicted octanol–water partition coefficient (Wildman–Crippen LogP) is -0.191. The van der Waals surface area contributed by atoms with Crippen LogP contribution in [-0.4, -0.2) is 47.8 Å². The van der Waals surface area contributed by atoms with Gasteiger partial charge in [0.25, 0.3) is 0 Å². The Morgan fingerprint density at radius 2 is 1.78 bits per heavy atom. The molecule has 0 spiro atoms. The van der Waals surface area contributed by atoms with Gasteiger partial charge in [-0.05, 0) is 13.0 Å². The SMILES string of the molecule is COc1ccc(C)cc1CNC(CO)(CO)CO. The Kier molecular flexibility index (Phi) is 5.55. The second-order valence-electron chi connectivity index (χ2n) is 4.42. The number of nitrogens with one attached hydrogen (secondary N) is 1. The van der Waals surface area contributed by atoms with Crippen molar-refractivity contribution in [2.75, 3.05) is 26.9 Å². The second-order valence-corrected chi connectivity index (χ2v) is 4.42. The molecule has 0 unspecified atom stereocenters. The van der Waals surface area contributed by atoms with E-state index in [2.05, 4.69) is 5.32 Å². The summed E-state index contributed by atoms with van der Waals surface area (Å²) in [4.78, 5) is 0. The van der Waals surface area contributed by atoms with Crippen LogP contribution in [0.2, 0.25) is 0 Å². The minimum Gasteiger partial charge on any atom is -0.496 e. The van der Waals surface area contributed by atoms with Crippen LogP contribution in [0, 0.1) is 6.92 Å². The Morgan fingerprint density at radius 3 is 2.28 bits per heavy atom. The number of rotatable bonds is 7. The molecule has 0 atom stereocenters. The standard InChI is InChI=1S/C13H21NO4/c1-10-3-4-12(18-2)11(5-10)6-14-13(7-15,8-16)9-17/h3-5,14-17H,6-9H2,1-2H3. The van der Waals surface area contributed by atoms with E-state index in [1.807, 2.05) is 25.1 Å². The first kappa shape index (κ1) is 14.9. The number of ether oxygens (including phenoxy) is 1. The Labute approximate surface area is 107 Å². The van der Waals surface area contributed by atoms with Gasteiger partial charge >= 0.3 is 0 Å². The normalized spacial score (nSPS) is 11.6. The van der Waals surface area contributed by atoms with Crippen molar-refractivity contribution in [3.63, 3.8) is 0 Å². The van der Waals surface area contributed by atoms with E-state index in [1.54, 1.807) is 7.11 Å². The molecular formula is C13H21NO4. The van der Waals surface area contributed by atoms with Crippen LogP contribution in [0.3, 0.4) is 0 Å². The average molecular weight is 255 g/mol. The average Bonchev–Trinajstić information content (AvgIpc) is 2.41. The highest BCUT2D eigenvalue weighted by atomic mass is 16.5. The molecule has 5 nitrogen and oxygen atoms in total. The van der Waals surface area contributed by atoms with E-state index in [-0.39, 0.29) is 19.8 Å². The van der Waals surface area contributed by atoms with Crippen molar-refractivity contribution in [2.24, 2.45) is 0 Å². The molecular weight excluding hydrogens is 234 g/mol. The van der Waals surface area contributed by atoms with Gasteiger partial charge in [-0.1, -0.05) is 17.7 Å². The quantitative estimate of drug-likeness (QED) is 0.543. The Morgan fingerprint density at radius 1 is 1.17 bits per heavy atom. The molecule has 5 heteroatoms. The summed E-state index contributed by atoms with van der Waals surface area (Å²) in [5.74, 6) is 0.732. The predicted molar refractivity (Wildman–Crippen MR) is 68.6 cm³/mol. The monoisotopic (exact) mass is 255 g/mol. The molecule has 0 heterocycles. The summed E-state index contributed by atoms with van der Waals surface area (Å²) >= 11 is 0. The summed E-state index contributed by atoms with van der Waals surface area (Å²) in [7, 11) is 1.59. The topological polar surface area (TPSA) is 82.0 Å². The molecule has 102 valence electrons. The van der Waals surface area contributed by atoms with E-state index in [1.165, 1.54) is 0 Å². The van der Waals surface area contributed by atoms with Gasteiger partial charge in [0.1, 0.15) is 5.75 Å². The molecule has 4 N–H and O–H groups in total. The van der Waals surface area contributed by atoms with Crippen molar-refractivity contribution in [2.45, 2.75) is 19.0 Å². The van der Waals surface area contributed by atoms with Crippen molar-refractivity contribution in [1.82, 2.24) is 5.32 Å². The van der Waals surface area contributed by atoms with Gasteiger partial charge in [0.15, 0.2) is 0 Å². The smallest absolute Gasteiger partial charge is 0.123 e. The van der Waals surface area contributed by atoms with Crippen LogP contribution >= 0.6 is 0 Å². The molecule has 0 bridgehead atoms. The third-order valence-electron chi connectivity index (χ3n) is 3.00. The summed E-state index contributed by atoms with van der Waals surface area (Å²) in [6.07, 6.45) is 0. The lowest BCUT2D eigenvalue weighted by Gasteiger charge is -2.29. The van der Waals surface area contributed by atoms with Crippen LogP contribution in [0.4, 0.5) is 0 Å². The minimum atomic E-state index is -1.07. The number of aryl methyl sites for hydroxylation is 1. The second kappa shape index (κ2) is 6.70.